The molecule has 3 nitrogen and oxygen atoms in total. The van der Waals surface area contributed by atoms with Crippen LogP contribution >= 0.6 is 22.3 Å². The van der Waals surface area contributed by atoms with Crippen LogP contribution < -0.4 is 0 Å². The van der Waals surface area contributed by atoms with Gasteiger partial charge in [-0.05, 0) is 29.7 Å². The van der Waals surface area contributed by atoms with Gasteiger partial charge in [0.1, 0.15) is 0 Å². The number of nitriles is 1. The van der Waals surface area contributed by atoms with Gasteiger partial charge in [-0.1, -0.05) is 6.92 Å². The highest BCUT2D eigenvalue weighted by atomic mass is 35.7. The average molecular weight is 278 g/mol. The smallest absolute Gasteiger partial charge is 0.207 e. The zero-order valence-corrected chi connectivity index (χ0v) is 10.8. The number of benzene rings is 1. The Morgan fingerprint density at radius 2 is 2.06 bits per heavy atom. The summed E-state index contributed by atoms with van der Waals surface area (Å²) >= 11 is 5.71. The maximum atomic E-state index is 11.3. The number of alkyl halides is 1. The molecule has 1 aromatic carbocycles. The van der Waals surface area contributed by atoms with Gasteiger partial charge in [0.05, 0.1) is 16.5 Å². The minimum atomic E-state index is -3.87. The molecule has 1 aromatic rings. The molecule has 0 radical (unpaired) electrons. The van der Waals surface area contributed by atoms with Gasteiger partial charge in [-0.2, -0.15) is 5.26 Å². The molecule has 0 unspecified atom stereocenters. The maximum Gasteiger partial charge on any atom is 0.261 e. The molecule has 0 heterocycles. The standard InChI is InChI=1S/C10H9Cl2NO2S/c1-2-8-3-7(6-13)4-10(9(8)5-11)16(12,14)15/h3-4H,2,5H2,1H3. The Morgan fingerprint density at radius 3 is 2.44 bits per heavy atom. The van der Waals surface area contributed by atoms with Gasteiger partial charge in [0.2, 0.25) is 0 Å². The zero-order valence-electron chi connectivity index (χ0n) is 8.50. The van der Waals surface area contributed by atoms with Gasteiger partial charge in [-0.25, -0.2) is 8.42 Å². The molecular weight excluding hydrogens is 269 g/mol. The first-order valence-electron chi connectivity index (χ1n) is 4.50. The van der Waals surface area contributed by atoms with E-state index >= 15 is 0 Å². The van der Waals surface area contributed by atoms with Crippen molar-refractivity contribution in [1.82, 2.24) is 0 Å². The van der Waals surface area contributed by atoms with Gasteiger partial charge in [-0.15, -0.1) is 11.6 Å². The van der Waals surface area contributed by atoms with Crippen LogP contribution in [-0.2, 0) is 21.4 Å². The van der Waals surface area contributed by atoms with E-state index < -0.39 is 9.05 Å². The van der Waals surface area contributed by atoms with Crippen LogP contribution in [0.5, 0.6) is 0 Å². The van der Waals surface area contributed by atoms with Crippen molar-refractivity contribution in [2.45, 2.75) is 24.1 Å². The molecule has 0 atom stereocenters. The molecule has 0 spiro atoms. The van der Waals surface area contributed by atoms with Crippen LogP contribution in [0.4, 0.5) is 0 Å². The Hall–Kier alpha value is -0.760. The first kappa shape index (κ1) is 13.3. The third-order valence-electron chi connectivity index (χ3n) is 2.21. The number of halogens is 2. The molecule has 0 aliphatic carbocycles. The van der Waals surface area contributed by atoms with Crippen molar-refractivity contribution in [2.75, 3.05) is 0 Å². The first-order chi connectivity index (χ1) is 7.43. The van der Waals surface area contributed by atoms with Crippen molar-refractivity contribution < 1.29 is 8.42 Å². The van der Waals surface area contributed by atoms with Crippen molar-refractivity contribution in [2.24, 2.45) is 0 Å². The van der Waals surface area contributed by atoms with E-state index in [0.29, 0.717) is 12.0 Å². The SMILES string of the molecule is CCc1cc(C#N)cc(S(=O)(=O)Cl)c1CCl. The van der Waals surface area contributed by atoms with E-state index in [-0.39, 0.29) is 16.3 Å². The molecule has 0 saturated heterocycles. The molecule has 16 heavy (non-hydrogen) atoms. The molecule has 0 aromatic heterocycles. The molecule has 0 aliphatic heterocycles. The molecule has 0 fully saturated rings. The second-order valence-corrected chi connectivity index (χ2v) is 5.95. The van der Waals surface area contributed by atoms with Crippen molar-refractivity contribution >= 4 is 31.3 Å². The number of aryl methyl sites for hydroxylation is 1. The summed E-state index contributed by atoms with van der Waals surface area (Å²) in [7, 11) is 1.43. The number of rotatable bonds is 3. The minimum absolute atomic E-state index is 0.0518. The summed E-state index contributed by atoms with van der Waals surface area (Å²) in [5.41, 5.74) is 1.47. The van der Waals surface area contributed by atoms with Crippen molar-refractivity contribution in [1.29, 1.82) is 5.26 Å². The van der Waals surface area contributed by atoms with Crippen molar-refractivity contribution in [3.63, 3.8) is 0 Å². The van der Waals surface area contributed by atoms with Crippen molar-refractivity contribution in [3.05, 3.63) is 28.8 Å². The quantitative estimate of drug-likeness (QED) is 0.631. The zero-order chi connectivity index (χ0) is 12.3. The Kier molecular flexibility index (Phi) is 4.20. The predicted octanol–water partition coefficient (Wildman–Crippen LogP) is 2.79. The lowest BCUT2D eigenvalue weighted by Gasteiger charge is -2.09. The summed E-state index contributed by atoms with van der Waals surface area (Å²) in [6.45, 7) is 1.86. The topological polar surface area (TPSA) is 57.9 Å². The molecule has 0 saturated carbocycles. The summed E-state index contributed by atoms with van der Waals surface area (Å²) in [5.74, 6) is 0.0518. The molecule has 0 bridgehead atoms. The van der Waals surface area contributed by atoms with Gasteiger partial charge < -0.3 is 0 Å². The van der Waals surface area contributed by atoms with E-state index in [2.05, 4.69) is 0 Å². The summed E-state index contributed by atoms with van der Waals surface area (Å²) in [4.78, 5) is -0.0694. The van der Waals surface area contributed by atoms with Gasteiger partial charge in [0.25, 0.3) is 9.05 Å². The summed E-state index contributed by atoms with van der Waals surface area (Å²) in [6.07, 6.45) is 0.594. The van der Waals surface area contributed by atoms with Gasteiger partial charge in [-0.3, -0.25) is 0 Å². The molecule has 0 aliphatic rings. The van der Waals surface area contributed by atoms with E-state index in [1.165, 1.54) is 6.07 Å². The lowest BCUT2D eigenvalue weighted by atomic mass is 10.0. The Balaban J connectivity index is 3.64. The predicted molar refractivity (Wildman–Crippen MR) is 63.1 cm³/mol. The monoisotopic (exact) mass is 277 g/mol. The van der Waals surface area contributed by atoms with E-state index in [9.17, 15) is 8.42 Å². The van der Waals surface area contributed by atoms with E-state index in [4.69, 9.17) is 27.5 Å². The minimum Gasteiger partial charge on any atom is -0.207 e. The lowest BCUT2D eigenvalue weighted by molar-refractivity contribution is 0.608. The molecule has 6 heteroatoms. The van der Waals surface area contributed by atoms with E-state index in [0.717, 1.165) is 5.56 Å². The summed E-state index contributed by atoms with van der Waals surface area (Å²) < 4.78 is 22.7. The highest BCUT2D eigenvalue weighted by Gasteiger charge is 2.19. The van der Waals surface area contributed by atoms with Crippen LogP contribution in [0.2, 0.25) is 0 Å². The van der Waals surface area contributed by atoms with Crippen LogP contribution in [0.3, 0.4) is 0 Å². The van der Waals surface area contributed by atoms with Gasteiger partial charge in [0.15, 0.2) is 0 Å². The Morgan fingerprint density at radius 1 is 1.44 bits per heavy atom. The highest BCUT2D eigenvalue weighted by Crippen LogP contribution is 2.27. The van der Waals surface area contributed by atoms with Crippen LogP contribution in [-0.4, -0.2) is 8.42 Å². The fourth-order valence-corrected chi connectivity index (χ4v) is 3.03. The lowest BCUT2D eigenvalue weighted by Crippen LogP contribution is -2.02. The number of hydrogen-bond acceptors (Lipinski definition) is 3. The molecular formula is C10H9Cl2NO2S. The Labute approximate surface area is 104 Å². The fraction of sp³-hybridized carbons (Fsp3) is 0.300. The Bertz CT molecular complexity index is 547. The van der Waals surface area contributed by atoms with Crippen LogP contribution in [0.25, 0.3) is 0 Å². The number of nitrogens with zero attached hydrogens (tertiary/aromatic N) is 1. The summed E-state index contributed by atoms with van der Waals surface area (Å²) in [5, 5.41) is 8.79. The molecule has 1 rings (SSSR count). The second kappa shape index (κ2) is 5.05. The van der Waals surface area contributed by atoms with Crippen LogP contribution in [0, 0.1) is 11.3 Å². The largest absolute Gasteiger partial charge is 0.261 e. The molecule has 0 amide bonds. The van der Waals surface area contributed by atoms with Crippen LogP contribution in [0.1, 0.15) is 23.6 Å². The first-order valence-corrected chi connectivity index (χ1v) is 7.35. The molecule has 86 valence electrons. The van der Waals surface area contributed by atoms with Gasteiger partial charge in [0, 0.05) is 16.6 Å². The number of hydrogen-bond donors (Lipinski definition) is 0. The normalized spacial score (nSPS) is 11.1. The second-order valence-electron chi connectivity index (χ2n) is 3.15. The van der Waals surface area contributed by atoms with E-state index in [1.807, 2.05) is 13.0 Å². The maximum absolute atomic E-state index is 11.3. The summed E-state index contributed by atoms with van der Waals surface area (Å²) in [6, 6.07) is 4.78. The third kappa shape index (κ3) is 2.67. The average Bonchev–Trinajstić information content (AvgIpc) is 2.25. The highest BCUT2D eigenvalue weighted by molar-refractivity contribution is 8.13. The van der Waals surface area contributed by atoms with E-state index in [1.54, 1.807) is 6.07 Å². The van der Waals surface area contributed by atoms with Gasteiger partial charge >= 0.3 is 0 Å². The fourth-order valence-electron chi connectivity index (χ4n) is 1.45. The van der Waals surface area contributed by atoms with Crippen molar-refractivity contribution in [3.8, 4) is 6.07 Å². The molecule has 0 N–H and O–H groups in total. The van der Waals surface area contributed by atoms with Crippen LogP contribution in [0.15, 0.2) is 17.0 Å². The third-order valence-corrected chi connectivity index (χ3v) is 3.86.